The molecule has 1 N–H and O–H groups in total. The summed E-state index contributed by atoms with van der Waals surface area (Å²) >= 11 is 9.36. The van der Waals surface area contributed by atoms with Crippen LogP contribution in [0.4, 0.5) is 10.5 Å². The molecule has 2 aromatic rings. The second-order valence-corrected chi connectivity index (χ2v) is 7.13. The van der Waals surface area contributed by atoms with Crippen LogP contribution in [0.25, 0.3) is 6.08 Å². The summed E-state index contributed by atoms with van der Waals surface area (Å²) in [7, 11) is 1.49. The number of nitrogens with zero attached hydrogens (tertiary/aromatic N) is 1. The van der Waals surface area contributed by atoms with Gasteiger partial charge in [0.15, 0.2) is 0 Å². The molecule has 1 saturated heterocycles. The number of benzene rings is 2. The normalized spacial score (nSPS) is 15.9. The topological polar surface area (TPSA) is 75.7 Å². The van der Waals surface area contributed by atoms with Gasteiger partial charge in [-0.15, -0.1) is 0 Å². The van der Waals surface area contributed by atoms with Crippen molar-refractivity contribution in [2.24, 2.45) is 0 Å². The zero-order valence-corrected chi connectivity index (χ0v) is 16.7. The van der Waals surface area contributed by atoms with E-state index < -0.39 is 17.8 Å². The van der Waals surface area contributed by atoms with Crippen LogP contribution in [-0.4, -0.2) is 25.0 Å². The Bertz CT molecular complexity index is 1000. The van der Waals surface area contributed by atoms with Gasteiger partial charge in [-0.1, -0.05) is 33.6 Å². The van der Waals surface area contributed by atoms with Gasteiger partial charge in [0, 0.05) is 15.1 Å². The number of aryl methyl sites for hydroxylation is 1. The summed E-state index contributed by atoms with van der Waals surface area (Å²) in [6.07, 6.45) is 1.39. The number of carbonyl (C=O) groups is 3. The maximum absolute atomic E-state index is 13.0. The van der Waals surface area contributed by atoms with E-state index in [1.807, 2.05) is 0 Å². The molecule has 0 unspecified atom stereocenters. The Kier molecular flexibility index (Phi) is 5.34. The molecular formula is C19H14BrClN2O4. The molecule has 0 spiro atoms. The number of imide groups is 2. The quantitative estimate of drug-likeness (QED) is 0.566. The van der Waals surface area contributed by atoms with E-state index in [0.717, 1.165) is 9.37 Å². The van der Waals surface area contributed by atoms with Crippen molar-refractivity contribution in [3.05, 3.63) is 62.6 Å². The molecule has 4 amide bonds. The fourth-order valence-electron chi connectivity index (χ4n) is 2.67. The Morgan fingerprint density at radius 3 is 2.59 bits per heavy atom. The molecule has 27 heavy (non-hydrogen) atoms. The predicted molar refractivity (Wildman–Crippen MR) is 106 cm³/mol. The molecule has 1 heterocycles. The van der Waals surface area contributed by atoms with Crippen LogP contribution in [0, 0.1) is 6.92 Å². The van der Waals surface area contributed by atoms with Gasteiger partial charge in [-0.2, -0.15) is 0 Å². The molecule has 2 aromatic carbocycles. The number of barbiturate groups is 1. The number of ether oxygens (including phenoxy) is 1. The number of urea groups is 1. The second-order valence-electron chi connectivity index (χ2n) is 5.77. The fraction of sp³-hybridized carbons (Fsp3) is 0.105. The van der Waals surface area contributed by atoms with Gasteiger partial charge in [0.05, 0.1) is 12.8 Å². The minimum atomic E-state index is -0.825. The largest absolute Gasteiger partial charge is 0.496 e. The predicted octanol–water partition coefficient (Wildman–Crippen LogP) is 4.09. The highest BCUT2D eigenvalue weighted by atomic mass is 79.9. The van der Waals surface area contributed by atoms with E-state index >= 15 is 0 Å². The van der Waals surface area contributed by atoms with Gasteiger partial charge in [-0.25, -0.2) is 9.69 Å². The van der Waals surface area contributed by atoms with E-state index in [4.69, 9.17) is 16.3 Å². The molecule has 0 bridgehead atoms. The Balaban J connectivity index is 2.11. The van der Waals surface area contributed by atoms with Crippen molar-refractivity contribution < 1.29 is 19.1 Å². The third-order valence-electron chi connectivity index (χ3n) is 4.01. The number of anilines is 1. The van der Waals surface area contributed by atoms with Crippen LogP contribution < -0.4 is 15.0 Å². The molecule has 0 radical (unpaired) electrons. The summed E-state index contributed by atoms with van der Waals surface area (Å²) in [5.41, 5.74) is 1.30. The molecular weight excluding hydrogens is 436 g/mol. The second kappa shape index (κ2) is 7.54. The summed E-state index contributed by atoms with van der Waals surface area (Å²) in [5.74, 6) is -1.03. The standard InChI is InChI=1S/C19H14BrClN2O4/c1-10-3-5-13(21)9-15(10)23-18(25)14(17(24)22-19(23)26)8-11-7-12(20)4-6-16(11)27-2/h3-9H,1-2H3,(H,22,24,26)/b14-8+. The molecule has 3 rings (SSSR count). The van der Waals surface area contributed by atoms with Crippen LogP contribution in [-0.2, 0) is 9.59 Å². The molecule has 1 aliphatic rings. The van der Waals surface area contributed by atoms with Crippen molar-refractivity contribution in [2.45, 2.75) is 6.92 Å². The van der Waals surface area contributed by atoms with Crippen molar-refractivity contribution in [1.82, 2.24) is 5.32 Å². The molecule has 8 heteroatoms. The van der Waals surface area contributed by atoms with Crippen LogP contribution in [0.2, 0.25) is 5.02 Å². The van der Waals surface area contributed by atoms with Crippen LogP contribution in [0.3, 0.4) is 0 Å². The lowest BCUT2D eigenvalue weighted by atomic mass is 10.1. The van der Waals surface area contributed by atoms with Crippen molar-refractivity contribution in [3.63, 3.8) is 0 Å². The van der Waals surface area contributed by atoms with Crippen LogP contribution in [0.5, 0.6) is 5.75 Å². The Morgan fingerprint density at radius 2 is 1.89 bits per heavy atom. The lowest BCUT2D eigenvalue weighted by Crippen LogP contribution is -2.54. The Labute approximate surface area is 168 Å². The monoisotopic (exact) mass is 448 g/mol. The first kappa shape index (κ1) is 19.1. The first-order chi connectivity index (χ1) is 12.8. The molecule has 0 aromatic heterocycles. The highest BCUT2D eigenvalue weighted by molar-refractivity contribution is 9.10. The molecule has 0 saturated carbocycles. The van der Waals surface area contributed by atoms with E-state index in [0.29, 0.717) is 27.6 Å². The van der Waals surface area contributed by atoms with Crippen molar-refractivity contribution in [1.29, 1.82) is 0 Å². The summed E-state index contributed by atoms with van der Waals surface area (Å²) in [6, 6.07) is 9.20. The van der Waals surface area contributed by atoms with E-state index in [1.54, 1.807) is 37.3 Å². The van der Waals surface area contributed by atoms with Gasteiger partial charge < -0.3 is 4.74 Å². The summed E-state index contributed by atoms with van der Waals surface area (Å²) in [4.78, 5) is 38.5. The molecule has 138 valence electrons. The molecule has 1 aliphatic heterocycles. The third kappa shape index (κ3) is 3.74. The maximum Gasteiger partial charge on any atom is 0.335 e. The number of hydrogen-bond donors (Lipinski definition) is 1. The molecule has 6 nitrogen and oxygen atoms in total. The highest BCUT2D eigenvalue weighted by Crippen LogP contribution is 2.30. The molecule has 0 aliphatic carbocycles. The van der Waals surface area contributed by atoms with Crippen molar-refractivity contribution in [2.75, 3.05) is 12.0 Å². The zero-order valence-electron chi connectivity index (χ0n) is 14.4. The minimum Gasteiger partial charge on any atom is -0.496 e. The van der Waals surface area contributed by atoms with Gasteiger partial charge >= 0.3 is 6.03 Å². The zero-order chi connectivity index (χ0) is 19.7. The number of hydrogen-bond acceptors (Lipinski definition) is 4. The number of nitrogens with one attached hydrogen (secondary N) is 1. The van der Waals surface area contributed by atoms with Gasteiger partial charge in [0.25, 0.3) is 11.8 Å². The number of halogens is 2. The highest BCUT2D eigenvalue weighted by Gasteiger charge is 2.37. The van der Waals surface area contributed by atoms with Crippen molar-refractivity contribution in [3.8, 4) is 5.75 Å². The Morgan fingerprint density at radius 1 is 1.15 bits per heavy atom. The van der Waals surface area contributed by atoms with Gasteiger partial charge in [0.2, 0.25) is 0 Å². The van der Waals surface area contributed by atoms with E-state index in [-0.39, 0.29) is 5.57 Å². The molecule has 1 fully saturated rings. The average molecular weight is 450 g/mol. The maximum atomic E-state index is 13.0. The van der Waals surface area contributed by atoms with Crippen LogP contribution in [0.15, 0.2) is 46.4 Å². The number of amides is 4. The number of methoxy groups -OCH3 is 1. The van der Waals surface area contributed by atoms with Gasteiger partial charge in [-0.05, 0) is 48.9 Å². The summed E-state index contributed by atoms with van der Waals surface area (Å²) in [5, 5.41) is 2.56. The van der Waals surface area contributed by atoms with E-state index in [2.05, 4.69) is 21.2 Å². The van der Waals surface area contributed by atoms with Crippen LogP contribution in [0.1, 0.15) is 11.1 Å². The smallest absolute Gasteiger partial charge is 0.335 e. The van der Waals surface area contributed by atoms with Crippen LogP contribution >= 0.6 is 27.5 Å². The average Bonchev–Trinajstić information content (AvgIpc) is 2.61. The van der Waals surface area contributed by atoms with Gasteiger partial charge in [0.1, 0.15) is 11.3 Å². The molecule has 0 atom stereocenters. The SMILES string of the molecule is COc1ccc(Br)cc1/C=C1\C(=O)NC(=O)N(c2cc(Cl)ccc2C)C1=O. The summed E-state index contributed by atoms with van der Waals surface area (Å²) < 4.78 is 6.02. The van der Waals surface area contributed by atoms with E-state index in [9.17, 15) is 14.4 Å². The number of carbonyl (C=O) groups excluding carboxylic acids is 3. The number of rotatable bonds is 3. The van der Waals surface area contributed by atoms with Crippen molar-refractivity contribution >= 4 is 57.1 Å². The lowest BCUT2D eigenvalue weighted by molar-refractivity contribution is -0.122. The first-order valence-electron chi connectivity index (χ1n) is 7.83. The first-order valence-corrected chi connectivity index (χ1v) is 9.00. The van der Waals surface area contributed by atoms with Gasteiger partial charge in [-0.3, -0.25) is 14.9 Å². The minimum absolute atomic E-state index is 0.189. The summed E-state index contributed by atoms with van der Waals surface area (Å²) in [6.45, 7) is 1.74. The third-order valence-corrected chi connectivity index (χ3v) is 4.73. The lowest BCUT2D eigenvalue weighted by Gasteiger charge is -2.27. The fourth-order valence-corrected chi connectivity index (χ4v) is 3.22. The van der Waals surface area contributed by atoms with E-state index in [1.165, 1.54) is 19.3 Å². The Hall–Kier alpha value is -2.64.